The number of rotatable bonds is 6. The Bertz CT molecular complexity index is 490. The van der Waals surface area contributed by atoms with Crippen molar-refractivity contribution in [1.29, 1.82) is 0 Å². The van der Waals surface area contributed by atoms with Crippen molar-refractivity contribution < 1.29 is 0 Å². The van der Waals surface area contributed by atoms with Crippen LogP contribution < -0.4 is 0 Å². The Morgan fingerprint density at radius 1 is 1.05 bits per heavy atom. The lowest BCUT2D eigenvalue weighted by molar-refractivity contribution is 0.601. The molecule has 0 N–H and O–H groups in total. The molecule has 1 atom stereocenters. The van der Waals surface area contributed by atoms with Crippen molar-refractivity contribution in [2.24, 2.45) is 0 Å². The van der Waals surface area contributed by atoms with E-state index in [1.54, 1.807) is 0 Å². The second kappa shape index (κ2) is 7.08. The summed E-state index contributed by atoms with van der Waals surface area (Å²) in [5, 5.41) is 0. The molecule has 0 saturated heterocycles. The van der Waals surface area contributed by atoms with Crippen LogP contribution >= 0.6 is 0 Å². The first-order chi connectivity index (χ1) is 9.27. The van der Waals surface area contributed by atoms with Crippen LogP contribution in [0.1, 0.15) is 48.8 Å². The maximum atomic E-state index is 4.16. The summed E-state index contributed by atoms with van der Waals surface area (Å²) in [5.41, 5.74) is 4.23. The van der Waals surface area contributed by atoms with Crippen LogP contribution in [0.4, 0.5) is 0 Å². The minimum absolute atomic E-state index is 0.638. The molecule has 100 valence electrons. The Labute approximate surface area is 116 Å². The zero-order valence-corrected chi connectivity index (χ0v) is 12.0. The highest BCUT2D eigenvalue weighted by molar-refractivity contribution is 5.25. The molecule has 0 aliphatic rings. The van der Waals surface area contributed by atoms with Crippen LogP contribution in [0.15, 0.2) is 48.8 Å². The summed E-state index contributed by atoms with van der Waals surface area (Å²) < 4.78 is 0. The molecule has 1 heteroatoms. The largest absolute Gasteiger partial charge is 0.264 e. The number of aromatic nitrogens is 1. The van der Waals surface area contributed by atoms with Crippen LogP contribution in [0.3, 0.4) is 0 Å². The third-order valence-corrected chi connectivity index (χ3v) is 3.79. The third kappa shape index (κ3) is 4.20. The van der Waals surface area contributed by atoms with Gasteiger partial charge in [-0.05, 0) is 54.9 Å². The Balaban J connectivity index is 1.76. The first-order valence-corrected chi connectivity index (χ1v) is 7.22. The van der Waals surface area contributed by atoms with Crippen molar-refractivity contribution in [3.8, 4) is 0 Å². The Kier molecular flexibility index (Phi) is 5.14. The maximum Gasteiger partial charge on any atom is 0.0299 e. The smallest absolute Gasteiger partial charge is 0.0299 e. The van der Waals surface area contributed by atoms with Crippen LogP contribution in [-0.4, -0.2) is 4.98 Å². The Morgan fingerprint density at radius 2 is 1.84 bits per heavy atom. The molecule has 1 aromatic carbocycles. The number of unbranched alkanes of at least 4 members (excludes halogenated alkanes) is 1. The van der Waals surface area contributed by atoms with Gasteiger partial charge in [0.05, 0.1) is 0 Å². The third-order valence-electron chi connectivity index (χ3n) is 3.79. The number of hydrogen-bond acceptors (Lipinski definition) is 1. The summed E-state index contributed by atoms with van der Waals surface area (Å²) in [7, 11) is 0. The number of pyridine rings is 1. The van der Waals surface area contributed by atoms with E-state index >= 15 is 0 Å². The van der Waals surface area contributed by atoms with E-state index in [-0.39, 0.29) is 0 Å². The molecular weight excluding hydrogens is 230 g/mol. The summed E-state index contributed by atoms with van der Waals surface area (Å²) in [6, 6.07) is 12.9. The zero-order valence-electron chi connectivity index (χ0n) is 12.0. The van der Waals surface area contributed by atoms with Crippen LogP contribution in [0.5, 0.6) is 0 Å². The molecule has 1 heterocycles. The monoisotopic (exact) mass is 253 g/mol. The molecule has 0 radical (unpaired) electrons. The molecule has 0 fully saturated rings. The number of aryl methyl sites for hydroxylation is 2. The van der Waals surface area contributed by atoms with Crippen molar-refractivity contribution in [1.82, 2.24) is 4.98 Å². The average molecular weight is 253 g/mol. The topological polar surface area (TPSA) is 12.9 Å². The summed E-state index contributed by atoms with van der Waals surface area (Å²) >= 11 is 0. The van der Waals surface area contributed by atoms with E-state index in [1.807, 2.05) is 12.4 Å². The second-order valence-corrected chi connectivity index (χ2v) is 5.36. The van der Waals surface area contributed by atoms with Gasteiger partial charge in [0.1, 0.15) is 0 Å². The van der Waals surface area contributed by atoms with Gasteiger partial charge in [-0.3, -0.25) is 4.98 Å². The van der Waals surface area contributed by atoms with E-state index < -0.39 is 0 Å². The molecule has 1 aromatic heterocycles. The highest BCUT2D eigenvalue weighted by Crippen LogP contribution is 2.24. The van der Waals surface area contributed by atoms with E-state index in [0.29, 0.717) is 5.92 Å². The number of nitrogens with zero attached hydrogens (tertiary/aromatic N) is 1. The lowest BCUT2D eigenvalue weighted by atomic mass is 9.92. The van der Waals surface area contributed by atoms with Crippen LogP contribution in [-0.2, 0) is 6.42 Å². The van der Waals surface area contributed by atoms with Gasteiger partial charge in [-0.1, -0.05) is 43.7 Å². The molecular formula is C18H23N. The fraction of sp³-hybridized carbons (Fsp3) is 0.389. The first-order valence-electron chi connectivity index (χ1n) is 7.22. The van der Waals surface area contributed by atoms with Crippen molar-refractivity contribution in [2.45, 2.75) is 45.4 Å². The molecule has 0 spiro atoms. The summed E-state index contributed by atoms with van der Waals surface area (Å²) in [5.74, 6) is 0.638. The lowest BCUT2D eigenvalue weighted by Crippen LogP contribution is -1.98. The normalized spacial score (nSPS) is 12.3. The predicted octanol–water partition coefficient (Wildman–Crippen LogP) is 4.91. The van der Waals surface area contributed by atoms with E-state index in [2.05, 4.69) is 55.2 Å². The molecule has 19 heavy (non-hydrogen) atoms. The Hall–Kier alpha value is -1.63. The molecule has 0 amide bonds. The predicted molar refractivity (Wildman–Crippen MR) is 81.4 cm³/mol. The van der Waals surface area contributed by atoms with Gasteiger partial charge in [0.2, 0.25) is 0 Å². The summed E-state index contributed by atoms with van der Waals surface area (Å²) in [6.07, 6.45) is 8.90. The minimum atomic E-state index is 0.638. The zero-order chi connectivity index (χ0) is 13.5. The average Bonchev–Trinajstić information content (AvgIpc) is 2.45. The SMILES string of the molecule is Cc1cnccc1C(C)CCCCc1ccccc1. The van der Waals surface area contributed by atoms with Gasteiger partial charge < -0.3 is 0 Å². The fourth-order valence-electron chi connectivity index (χ4n) is 2.62. The maximum absolute atomic E-state index is 4.16. The van der Waals surface area contributed by atoms with Gasteiger partial charge in [-0.15, -0.1) is 0 Å². The van der Waals surface area contributed by atoms with Gasteiger partial charge in [-0.2, -0.15) is 0 Å². The van der Waals surface area contributed by atoms with Gasteiger partial charge in [0.25, 0.3) is 0 Å². The van der Waals surface area contributed by atoms with Crippen molar-refractivity contribution in [3.63, 3.8) is 0 Å². The lowest BCUT2D eigenvalue weighted by Gasteiger charge is -2.14. The van der Waals surface area contributed by atoms with Crippen LogP contribution in [0.2, 0.25) is 0 Å². The summed E-state index contributed by atoms with van der Waals surface area (Å²) in [4.78, 5) is 4.16. The number of hydrogen-bond donors (Lipinski definition) is 0. The molecule has 0 saturated carbocycles. The van der Waals surface area contributed by atoms with E-state index in [0.717, 1.165) is 0 Å². The molecule has 2 aromatic rings. The van der Waals surface area contributed by atoms with E-state index in [9.17, 15) is 0 Å². The number of benzene rings is 1. The second-order valence-electron chi connectivity index (χ2n) is 5.36. The van der Waals surface area contributed by atoms with Gasteiger partial charge in [0, 0.05) is 12.4 Å². The van der Waals surface area contributed by atoms with Crippen molar-refractivity contribution in [2.75, 3.05) is 0 Å². The molecule has 1 unspecified atom stereocenters. The standard InChI is InChI=1S/C18H23N/c1-15(18-12-13-19-14-16(18)2)8-6-7-11-17-9-4-3-5-10-17/h3-5,9-10,12-15H,6-8,11H2,1-2H3. The highest BCUT2D eigenvalue weighted by atomic mass is 14.6. The van der Waals surface area contributed by atoms with Crippen LogP contribution in [0.25, 0.3) is 0 Å². The minimum Gasteiger partial charge on any atom is -0.264 e. The Morgan fingerprint density at radius 3 is 2.58 bits per heavy atom. The van der Waals surface area contributed by atoms with Gasteiger partial charge in [0.15, 0.2) is 0 Å². The molecule has 0 bridgehead atoms. The van der Waals surface area contributed by atoms with E-state index in [1.165, 1.54) is 42.4 Å². The molecule has 2 rings (SSSR count). The fourth-order valence-corrected chi connectivity index (χ4v) is 2.62. The molecule has 1 nitrogen and oxygen atoms in total. The molecule has 0 aliphatic carbocycles. The van der Waals surface area contributed by atoms with Crippen molar-refractivity contribution in [3.05, 3.63) is 65.5 Å². The van der Waals surface area contributed by atoms with Gasteiger partial charge in [-0.25, -0.2) is 0 Å². The quantitative estimate of drug-likeness (QED) is 0.667. The first kappa shape index (κ1) is 13.8. The van der Waals surface area contributed by atoms with Crippen molar-refractivity contribution >= 4 is 0 Å². The van der Waals surface area contributed by atoms with Crippen LogP contribution in [0, 0.1) is 6.92 Å². The molecule has 0 aliphatic heterocycles. The summed E-state index contributed by atoms with van der Waals surface area (Å²) in [6.45, 7) is 4.48. The van der Waals surface area contributed by atoms with Gasteiger partial charge >= 0.3 is 0 Å². The van der Waals surface area contributed by atoms with E-state index in [4.69, 9.17) is 0 Å². The highest BCUT2D eigenvalue weighted by Gasteiger charge is 2.07.